The van der Waals surface area contributed by atoms with E-state index in [0.29, 0.717) is 34.7 Å². The molecular weight excluding hydrogens is 542 g/mol. The molecule has 2 aliphatic rings. The Hall–Kier alpha value is -2.74. The highest BCUT2D eigenvalue weighted by atomic mass is 35.5. The summed E-state index contributed by atoms with van der Waals surface area (Å²) < 4.78 is 33.6. The molecular formula is C23H28ClN5O6S2. The van der Waals surface area contributed by atoms with Crippen molar-refractivity contribution in [2.45, 2.75) is 18.9 Å². The number of carbonyl (C=O) groups excluding carboxylic acids is 2. The number of aromatic nitrogens is 2. The Labute approximate surface area is 223 Å². The number of amides is 1. The summed E-state index contributed by atoms with van der Waals surface area (Å²) in [6, 6.07) is 5.50. The van der Waals surface area contributed by atoms with Gasteiger partial charge in [0.05, 0.1) is 18.0 Å². The maximum Gasteiger partial charge on any atom is 0.329 e. The number of rotatable bonds is 7. The van der Waals surface area contributed by atoms with E-state index < -0.39 is 27.9 Å². The summed E-state index contributed by atoms with van der Waals surface area (Å²) in [5, 5.41) is 5.32. The minimum atomic E-state index is -3.96. The fourth-order valence-corrected chi connectivity index (χ4v) is 6.65. The van der Waals surface area contributed by atoms with Crippen molar-refractivity contribution in [3.05, 3.63) is 49.2 Å². The molecule has 0 N–H and O–H groups in total. The standard InChI is InChI=1S/C23H28ClN5O6S2/c1-26-21(30)6-5-20(25-26)27-10-7-16(8-11-27)13-29-18(23(32)35-2)14-28(15-22(29)31)37(33,34)12-9-17-3-4-19(24)36-17/h3-6,9,12,16,18H,7-8,10-11,13-15H2,1-2H3/t18-/m1/s1. The second kappa shape index (κ2) is 11.3. The predicted octanol–water partition coefficient (Wildman–Crippen LogP) is 1.40. The number of halogens is 1. The van der Waals surface area contributed by atoms with Gasteiger partial charge in [0.15, 0.2) is 0 Å². The van der Waals surface area contributed by atoms with E-state index >= 15 is 0 Å². The number of anilines is 1. The van der Waals surface area contributed by atoms with Crippen LogP contribution in [0.2, 0.25) is 4.34 Å². The number of carbonyl (C=O) groups is 2. The molecule has 2 aromatic heterocycles. The second-order valence-electron chi connectivity index (χ2n) is 8.95. The zero-order valence-corrected chi connectivity index (χ0v) is 22.8. The zero-order chi connectivity index (χ0) is 26.7. The number of hydrogen-bond donors (Lipinski definition) is 0. The second-order valence-corrected chi connectivity index (χ2v) is 12.5. The van der Waals surface area contributed by atoms with E-state index in [1.807, 2.05) is 0 Å². The van der Waals surface area contributed by atoms with Crippen molar-refractivity contribution in [2.75, 3.05) is 44.7 Å². The number of sulfonamides is 1. The van der Waals surface area contributed by atoms with Crippen LogP contribution in [0, 0.1) is 5.92 Å². The van der Waals surface area contributed by atoms with Gasteiger partial charge in [-0.05, 0) is 43.0 Å². The van der Waals surface area contributed by atoms with Gasteiger partial charge in [-0.15, -0.1) is 11.3 Å². The van der Waals surface area contributed by atoms with Crippen LogP contribution in [-0.2, 0) is 31.4 Å². The number of piperidine rings is 1. The molecule has 2 fully saturated rings. The summed E-state index contributed by atoms with van der Waals surface area (Å²) in [5.41, 5.74) is -0.182. The van der Waals surface area contributed by atoms with E-state index in [1.165, 1.54) is 40.2 Å². The van der Waals surface area contributed by atoms with Crippen molar-refractivity contribution < 1.29 is 22.7 Å². The molecule has 0 unspecified atom stereocenters. The van der Waals surface area contributed by atoms with Crippen LogP contribution in [0.25, 0.3) is 6.08 Å². The molecule has 0 aliphatic carbocycles. The van der Waals surface area contributed by atoms with Crippen molar-refractivity contribution in [1.29, 1.82) is 0 Å². The van der Waals surface area contributed by atoms with Gasteiger partial charge in [-0.1, -0.05) is 11.6 Å². The Bertz CT molecular complexity index is 1350. The number of methoxy groups -OCH3 is 1. The molecule has 0 spiro atoms. The molecule has 2 aliphatic heterocycles. The van der Waals surface area contributed by atoms with Crippen molar-refractivity contribution >= 4 is 56.7 Å². The summed E-state index contributed by atoms with van der Waals surface area (Å²) in [5.74, 6) is -0.277. The third-order valence-electron chi connectivity index (χ3n) is 6.56. The molecule has 0 radical (unpaired) electrons. The van der Waals surface area contributed by atoms with E-state index in [-0.39, 0.29) is 24.6 Å². The molecule has 0 saturated carbocycles. The van der Waals surface area contributed by atoms with Gasteiger partial charge in [-0.3, -0.25) is 9.59 Å². The lowest BCUT2D eigenvalue weighted by molar-refractivity contribution is -0.157. The molecule has 37 heavy (non-hydrogen) atoms. The topological polar surface area (TPSA) is 122 Å². The van der Waals surface area contributed by atoms with Crippen LogP contribution < -0.4 is 10.5 Å². The van der Waals surface area contributed by atoms with E-state index in [4.69, 9.17) is 16.3 Å². The quantitative estimate of drug-likeness (QED) is 0.459. The minimum Gasteiger partial charge on any atom is -0.467 e. The Kier molecular flexibility index (Phi) is 8.36. The lowest BCUT2D eigenvalue weighted by atomic mass is 9.95. The molecule has 11 nitrogen and oxygen atoms in total. The summed E-state index contributed by atoms with van der Waals surface area (Å²) in [6.45, 7) is 1.14. The van der Waals surface area contributed by atoms with Gasteiger partial charge in [0, 0.05) is 49.6 Å². The van der Waals surface area contributed by atoms with Crippen molar-refractivity contribution in [3.8, 4) is 0 Å². The molecule has 200 valence electrons. The highest BCUT2D eigenvalue weighted by molar-refractivity contribution is 7.92. The monoisotopic (exact) mass is 569 g/mol. The molecule has 1 amide bonds. The summed E-state index contributed by atoms with van der Waals surface area (Å²) in [7, 11) is -1.14. The molecule has 0 aromatic carbocycles. The molecule has 0 bridgehead atoms. The predicted molar refractivity (Wildman–Crippen MR) is 141 cm³/mol. The van der Waals surface area contributed by atoms with Gasteiger partial charge < -0.3 is 14.5 Å². The first kappa shape index (κ1) is 27.3. The summed E-state index contributed by atoms with van der Waals surface area (Å²) >= 11 is 7.13. The normalized spacial score (nSPS) is 20.1. The molecule has 1 atom stereocenters. The lowest BCUT2D eigenvalue weighted by Crippen LogP contribution is -2.61. The number of aryl methyl sites for hydroxylation is 1. The number of hydrogen-bond acceptors (Lipinski definition) is 9. The lowest BCUT2D eigenvalue weighted by Gasteiger charge is -2.41. The highest BCUT2D eigenvalue weighted by Gasteiger charge is 2.42. The average Bonchev–Trinajstić information content (AvgIpc) is 3.30. The smallest absolute Gasteiger partial charge is 0.329 e. The van der Waals surface area contributed by atoms with E-state index in [9.17, 15) is 22.8 Å². The largest absolute Gasteiger partial charge is 0.467 e. The van der Waals surface area contributed by atoms with E-state index in [0.717, 1.165) is 22.6 Å². The zero-order valence-electron chi connectivity index (χ0n) is 20.4. The van der Waals surface area contributed by atoms with E-state index in [1.54, 1.807) is 25.2 Å². The number of thiophene rings is 1. The van der Waals surface area contributed by atoms with Crippen LogP contribution in [0.5, 0.6) is 0 Å². The van der Waals surface area contributed by atoms with Gasteiger partial charge in [0.1, 0.15) is 11.9 Å². The van der Waals surface area contributed by atoms with Crippen LogP contribution in [0.4, 0.5) is 5.82 Å². The van der Waals surface area contributed by atoms with Crippen LogP contribution in [-0.4, -0.2) is 85.2 Å². The van der Waals surface area contributed by atoms with Gasteiger partial charge in [-0.25, -0.2) is 17.9 Å². The summed E-state index contributed by atoms with van der Waals surface area (Å²) in [6.07, 6.45) is 2.91. The maximum absolute atomic E-state index is 13.1. The molecule has 14 heteroatoms. The molecule has 2 aromatic rings. The molecule has 4 rings (SSSR count). The van der Waals surface area contributed by atoms with E-state index in [2.05, 4.69) is 10.00 Å². The van der Waals surface area contributed by atoms with Crippen LogP contribution in [0.15, 0.2) is 34.5 Å². The first-order valence-electron chi connectivity index (χ1n) is 11.7. The maximum atomic E-state index is 13.1. The third-order valence-corrected chi connectivity index (χ3v) is 9.23. The number of piperazine rings is 1. The first-order chi connectivity index (χ1) is 17.6. The van der Waals surface area contributed by atoms with Gasteiger partial charge in [0.25, 0.3) is 5.56 Å². The Morgan fingerprint density at radius 3 is 2.57 bits per heavy atom. The SMILES string of the molecule is COC(=O)[C@H]1CN(S(=O)(=O)C=Cc2ccc(Cl)s2)CC(=O)N1CC1CCN(c2ccc(=O)n(C)n2)CC1. The first-order valence-corrected chi connectivity index (χ1v) is 14.4. The fraction of sp³-hybridized carbons (Fsp3) is 0.478. The van der Waals surface area contributed by atoms with Crippen molar-refractivity contribution in [1.82, 2.24) is 19.0 Å². The van der Waals surface area contributed by atoms with Crippen LogP contribution in [0.1, 0.15) is 17.7 Å². The van der Waals surface area contributed by atoms with Crippen LogP contribution in [0.3, 0.4) is 0 Å². The molecule has 2 saturated heterocycles. The Morgan fingerprint density at radius 1 is 1.22 bits per heavy atom. The van der Waals surface area contributed by atoms with Gasteiger partial charge in [0.2, 0.25) is 15.9 Å². The average molecular weight is 570 g/mol. The fourth-order valence-electron chi connectivity index (χ4n) is 4.47. The minimum absolute atomic E-state index is 0.117. The summed E-state index contributed by atoms with van der Waals surface area (Å²) in [4.78, 5) is 41.5. The van der Waals surface area contributed by atoms with Crippen molar-refractivity contribution in [3.63, 3.8) is 0 Å². The third kappa shape index (κ3) is 6.40. The Balaban J connectivity index is 1.42. The number of ether oxygens (including phenoxy) is 1. The van der Waals surface area contributed by atoms with Crippen LogP contribution >= 0.6 is 22.9 Å². The van der Waals surface area contributed by atoms with Crippen molar-refractivity contribution in [2.24, 2.45) is 13.0 Å². The number of esters is 1. The number of nitrogens with zero attached hydrogens (tertiary/aromatic N) is 5. The Morgan fingerprint density at radius 2 is 1.95 bits per heavy atom. The highest BCUT2D eigenvalue weighted by Crippen LogP contribution is 2.26. The molecule has 4 heterocycles. The van der Waals surface area contributed by atoms with Gasteiger partial charge >= 0.3 is 5.97 Å². The van der Waals surface area contributed by atoms with Gasteiger partial charge in [-0.2, -0.15) is 9.40 Å².